The molecule has 4 aliphatic heterocycles. The molecule has 0 spiro atoms. The predicted octanol–water partition coefficient (Wildman–Crippen LogP) is 1.03. The van der Waals surface area contributed by atoms with Gasteiger partial charge in [0.25, 0.3) is 5.91 Å². The van der Waals surface area contributed by atoms with Gasteiger partial charge in [-0.1, -0.05) is 11.6 Å². The van der Waals surface area contributed by atoms with Crippen LogP contribution in [-0.4, -0.2) is 107 Å². The maximum Gasteiger partial charge on any atom is 0.263 e. The highest BCUT2D eigenvalue weighted by Crippen LogP contribution is 2.36. The molecule has 6 rings (SSSR count). The van der Waals surface area contributed by atoms with Gasteiger partial charge in [-0.2, -0.15) is 5.10 Å². The zero-order chi connectivity index (χ0) is 24.1. The second kappa shape index (κ2) is 9.01. The zero-order valence-corrected chi connectivity index (χ0v) is 19.9. The third-order valence-corrected chi connectivity index (χ3v) is 7.46. The first-order chi connectivity index (χ1) is 17.0. The van der Waals surface area contributed by atoms with Gasteiger partial charge in [0, 0.05) is 57.7 Å². The monoisotopic (exact) mass is 503 g/mol. The molecule has 3 N–H and O–H groups in total. The maximum absolute atomic E-state index is 13.7. The van der Waals surface area contributed by atoms with Crippen LogP contribution in [0.25, 0.3) is 0 Å². The number of aliphatic imine (C=N–C) groups is 1. The summed E-state index contributed by atoms with van der Waals surface area (Å²) < 4.78 is 20.4. The minimum atomic E-state index is -1.27. The Labute approximate surface area is 206 Å². The van der Waals surface area contributed by atoms with Crippen molar-refractivity contribution in [2.24, 2.45) is 4.99 Å². The zero-order valence-electron chi connectivity index (χ0n) is 19.1. The summed E-state index contributed by atoms with van der Waals surface area (Å²) in [5.74, 6) is -0.256. The van der Waals surface area contributed by atoms with E-state index in [0.717, 1.165) is 64.4 Å². The molecular weight excluding hydrogens is 477 g/mol. The standard InChI is InChI=1S/C22H27ClFN9O2/c23-16-6-26-7-17(28-22(34)18-20(25)29-33-8-13(24)5-27-21(18)33)19(16)32-4-2-30-1-3-31(9-14(30)10-32)15-11-35-12-15/h5-7,13-15H,1-4,8-12H2,(H2,25,29)(H,28,34). The Bertz CT molecular complexity index is 1170. The number of halogens is 2. The number of hydrogen-bond acceptors (Lipinski definition) is 9. The highest BCUT2D eigenvalue weighted by molar-refractivity contribution is 6.34. The summed E-state index contributed by atoms with van der Waals surface area (Å²) in [5, 5.41) is 7.44. The molecule has 1 amide bonds. The summed E-state index contributed by atoms with van der Waals surface area (Å²) in [6, 6.07) is 0.863. The van der Waals surface area contributed by atoms with E-state index < -0.39 is 12.1 Å². The van der Waals surface area contributed by atoms with E-state index >= 15 is 0 Å². The number of nitrogens with two attached hydrogens (primary N) is 1. The number of hydrogen-bond donors (Lipinski definition) is 2. The van der Waals surface area contributed by atoms with Crippen LogP contribution in [-0.2, 0) is 11.3 Å². The molecule has 0 saturated carbocycles. The van der Waals surface area contributed by atoms with Gasteiger partial charge in [-0.25, -0.2) is 14.1 Å². The normalized spacial score (nSPS) is 25.1. The van der Waals surface area contributed by atoms with Gasteiger partial charge < -0.3 is 20.7 Å². The van der Waals surface area contributed by atoms with Crippen molar-refractivity contribution in [3.8, 4) is 0 Å². The van der Waals surface area contributed by atoms with Crippen LogP contribution in [0.2, 0.25) is 5.02 Å². The lowest BCUT2D eigenvalue weighted by Gasteiger charge is -2.51. The highest BCUT2D eigenvalue weighted by atomic mass is 35.5. The maximum atomic E-state index is 13.7. The lowest BCUT2D eigenvalue weighted by Crippen LogP contribution is -2.65. The summed E-state index contributed by atoms with van der Waals surface area (Å²) >= 11 is 6.62. The third kappa shape index (κ3) is 4.14. The van der Waals surface area contributed by atoms with Crippen LogP contribution < -0.4 is 16.0 Å². The molecular formula is C22H27ClFN9O2. The van der Waals surface area contributed by atoms with Crippen LogP contribution in [0, 0.1) is 0 Å². The second-order valence-corrected chi connectivity index (χ2v) is 9.76. The van der Waals surface area contributed by atoms with Crippen molar-refractivity contribution in [2.45, 2.75) is 24.8 Å². The van der Waals surface area contributed by atoms with E-state index in [1.165, 1.54) is 4.68 Å². The van der Waals surface area contributed by atoms with Crippen molar-refractivity contribution in [3.63, 3.8) is 0 Å². The molecule has 2 atom stereocenters. The number of carbonyl (C=O) groups is 1. The molecule has 0 aromatic carbocycles. The van der Waals surface area contributed by atoms with Crippen LogP contribution in [0.3, 0.4) is 0 Å². The van der Waals surface area contributed by atoms with Gasteiger partial charge in [-0.15, -0.1) is 0 Å². The molecule has 35 heavy (non-hydrogen) atoms. The largest absolute Gasteiger partial charge is 0.381 e. The van der Waals surface area contributed by atoms with Crippen molar-refractivity contribution in [1.82, 2.24) is 24.6 Å². The number of piperazine rings is 2. The smallest absolute Gasteiger partial charge is 0.263 e. The molecule has 4 aliphatic rings. The number of carbonyl (C=O) groups excluding carboxylic acids is 1. The Kier molecular flexibility index (Phi) is 5.83. The fourth-order valence-electron chi connectivity index (χ4n) is 5.29. The van der Waals surface area contributed by atoms with E-state index in [1.54, 1.807) is 12.4 Å². The topological polar surface area (TPSA) is 117 Å². The van der Waals surface area contributed by atoms with Crippen molar-refractivity contribution in [3.05, 3.63) is 23.0 Å². The first-order valence-corrected chi connectivity index (χ1v) is 12.2. The molecule has 3 saturated heterocycles. The number of pyridine rings is 1. The van der Waals surface area contributed by atoms with Gasteiger partial charge in [0.05, 0.1) is 48.4 Å². The van der Waals surface area contributed by atoms with E-state index in [4.69, 9.17) is 22.1 Å². The van der Waals surface area contributed by atoms with Gasteiger partial charge in [-0.3, -0.25) is 19.6 Å². The van der Waals surface area contributed by atoms with Crippen LogP contribution >= 0.6 is 11.6 Å². The summed E-state index contributed by atoms with van der Waals surface area (Å²) in [7, 11) is 0. The lowest BCUT2D eigenvalue weighted by atomic mass is 10.0. The Balaban J connectivity index is 1.23. The van der Waals surface area contributed by atoms with E-state index in [2.05, 4.69) is 35.1 Å². The molecule has 0 bridgehead atoms. The number of ether oxygens (including phenoxy) is 1. The molecule has 3 fully saturated rings. The first kappa shape index (κ1) is 22.7. The van der Waals surface area contributed by atoms with Crippen molar-refractivity contribution in [2.75, 3.05) is 68.4 Å². The molecule has 0 radical (unpaired) electrons. The number of fused-ring (bicyclic) bond motifs is 2. The fourth-order valence-corrected chi connectivity index (χ4v) is 5.56. The van der Waals surface area contributed by atoms with Crippen LogP contribution in [0.15, 0.2) is 17.4 Å². The molecule has 6 heterocycles. The number of amides is 1. The number of rotatable bonds is 4. The highest BCUT2D eigenvalue weighted by Gasteiger charge is 2.37. The van der Waals surface area contributed by atoms with Crippen LogP contribution in [0.1, 0.15) is 10.4 Å². The summed E-state index contributed by atoms with van der Waals surface area (Å²) in [4.78, 5) is 28.7. The lowest BCUT2D eigenvalue weighted by molar-refractivity contribution is -0.0869. The minimum absolute atomic E-state index is 0.00354. The van der Waals surface area contributed by atoms with E-state index in [9.17, 15) is 9.18 Å². The summed E-state index contributed by atoms with van der Waals surface area (Å²) in [6.07, 6.45) is 3.05. The fraction of sp³-hybridized carbons (Fsp3) is 0.545. The minimum Gasteiger partial charge on any atom is -0.381 e. The molecule has 2 aromatic rings. The molecule has 186 valence electrons. The average molecular weight is 504 g/mol. The Morgan fingerprint density at radius 1 is 1.11 bits per heavy atom. The number of nitrogens with zero attached hydrogens (tertiary/aromatic N) is 7. The Hall–Kier alpha value is -2.80. The number of alkyl halides is 1. The van der Waals surface area contributed by atoms with E-state index in [1.807, 2.05) is 0 Å². The average Bonchev–Trinajstić information content (AvgIpc) is 3.12. The molecule has 0 aliphatic carbocycles. The van der Waals surface area contributed by atoms with E-state index in [0.29, 0.717) is 22.8 Å². The van der Waals surface area contributed by atoms with Gasteiger partial charge >= 0.3 is 0 Å². The second-order valence-electron chi connectivity index (χ2n) is 9.35. The van der Waals surface area contributed by atoms with Gasteiger partial charge in [0.15, 0.2) is 17.8 Å². The number of aromatic nitrogens is 3. The van der Waals surface area contributed by atoms with Crippen molar-refractivity contribution in [1.29, 1.82) is 0 Å². The quantitative estimate of drug-likeness (QED) is 0.635. The molecule has 13 heteroatoms. The SMILES string of the molecule is Nc1nn2c(c1C(=O)Nc1cncc(Cl)c1N1CCN3CCN(C4COC4)CC3C1)N=CC(F)C2. The summed E-state index contributed by atoms with van der Waals surface area (Å²) in [5.41, 5.74) is 7.32. The number of anilines is 3. The van der Waals surface area contributed by atoms with Gasteiger partial charge in [-0.05, 0) is 0 Å². The number of nitrogen functional groups attached to an aromatic ring is 1. The van der Waals surface area contributed by atoms with Crippen molar-refractivity contribution >= 4 is 46.7 Å². The van der Waals surface area contributed by atoms with E-state index in [-0.39, 0.29) is 23.7 Å². The molecule has 11 nitrogen and oxygen atoms in total. The Morgan fingerprint density at radius 3 is 2.71 bits per heavy atom. The van der Waals surface area contributed by atoms with Crippen molar-refractivity contribution < 1.29 is 13.9 Å². The van der Waals surface area contributed by atoms with Crippen LogP contribution in [0.5, 0.6) is 0 Å². The predicted molar refractivity (Wildman–Crippen MR) is 131 cm³/mol. The van der Waals surface area contributed by atoms with Gasteiger partial charge in [0.1, 0.15) is 5.56 Å². The van der Waals surface area contributed by atoms with Gasteiger partial charge in [0.2, 0.25) is 0 Å². The number of nitrogens with one attached hydrogen (secondary N) is 1. The van der Waals surface area contributed by atoms with Crippen LogP contribution in [0.4, 0.5) is 27.4 Å². The first-order valence-electron chi connectivity index (χ1n) is 11.8. The Morgan fingerprint density at radius 2 is 1.91 bits per heavy atom. The third-order valence-electron chi connectivity index (χ3n) is 7.18. The molecule has 2 aromatic heterocycles. The molecule has 2 unspecified atom stereocenters. The summed E-state index contributed by atoms with van der Waals surface area (Å²) in [6.45, 7) is 7.13.